The molecule has 0 aliphatic heterocycles. The van der Waals surface area contributed by atoms with E-state index >= 15 is 0 Å². The van der Waals surface area contributed by atoms with Crippen LogP contribution in [0.15, 0.2) is 22.7 Å². The Labute approximate surface area is 123 Å². The summed E-state index contributed by atoms with van der Waals surface area (Å²) >= 11 is 3.25. The molecule has 0 bridgehead atoms. The fourth-order valence-electron chi connectivity index (χ4n) is 1.83. The predicted octanol–water partition coefficient (Wildman–Crippen LogP) is 2.31. The summed E-state index contributed by atoms with van der Waals surface area (Å²) in [6, 6.07) is 5.29. The summed E-state index contributed by atoms with van der Waals surface area (Å²) in [6.45, 7) is 0. The molecule has 6 nitrogen and oxygen atoms in total. The van der Waals surface area contributed by atoms with E-state index < -0.39 is 18.0 Å². The number of carbonyl (C=O) groups is 2. The van der Waals surface area contributed by atoms with Gasteiger partial charge in [0.25, 0.3) is 0 Å². The number of carbonyl (C=O) groups excluding carboxylic acids is 1. The fourth-order valence-corrected chi connectivity index (χ4v) is 2.19. The maximum absolute atomic E-state index is 11.8. The Balaban J connectivity index is 2.06. The summed E-state index contributed by atoms with van der Waals surface area (Å²) in [6.07, 6.45) is 1.61. The first-order valence-electron chi connectivity index (χ1n) is 6.01. The number of aliphatic carboxylic acids is 1. The van der Waals surface area contributed by atoms with Crippen molar-refractivity contribution in [2.45, 2.75) is 18.9 Å². The monoisotopic (exact) mass is 337 g/mol. The summed E-state index contributed by atoms with van der Waals surface area (Å²) in [4.78, 5) is 22.9. The second kappa shape index (κ2) is 5.92. The van der Waals surface area contributed by atoms with Gasteiger partial charge < -0.3 is 15.7 Å². The van der Waals surface area contributed by atoms with E-state index in [1.165, 1.54) is 0 Å². The molecule has 0 aromatic heterocycles. The van der Waals surface area contributed by atoms with Crippen LogP contribution in [0.2, 0.25) is 0 Å². The molecule has 1 aromatic rings. The Morgan fingerprint density at radius 1 is 1.45 bits per heavy atom. The van der Waals surface area contributed by atoms with Gasteiger partial charge in [-0.2, -0.15) is 5.26 Å². The second-order valence-electron chi connectivity index (χ2n) is 4.55. The average molecular weight is 338 g/mol. The van der Waals surface area contributed by atoms with Crippen LogP contribution in [0.4, 0.5) is 10.5 Å². The molecule has 20 heavy (non-hydrogen) atoms. The highest BCUT2D eigenvalue weighted by molar-refractivity contribution is 9.10. The molecule has 0 saturated heterocycles. The molecule has 2 amide bonds. The quantitative estimate of drug-likeness (QED) is 0.784. The summed E-state index contributed by atoms with van der Waals surface area (Å²) in [5, 5.41) is 22.9. The number of hydrogen-bond acceptors (Lipinski definition) is 3. The van der Waals surface area contributed by atoms with E-state index in [0.29, 0.717) is 15.7 Å². The Bertz CT molecular complexity index is 593. The maximum Gasteiger partial charge on any atom is 0.326 e. The van der Waals surface area contributed by atoms with Crippen LogP contribution in [0.25, 0.3) is 0 Å². The van der Waals surface area contributed by atoms with E-state index in [1.54, 1.807) is 18.2 Å². The Morgan fingerprint density at radius 3 is 2.70 bits per heavy atom. The predicted molar refractivity (Wildman–Crippen MR) is 75.2 cm³/mol. The first-order valence-corrected chi connectivity index (χ1v) is 6.80. The SMILES string of the molecule is N#Cc1ccc(Br)cc1NC(=O)NC(C(=O)O)C1CC1. The minimum Gasteiger partial charge on any atom is -0.480 e. The largest absolute Gasteiger partial charge is 0.480 e. The van der Waals surface area contributed by atoms with E-state index in [9.17, 15) is 9.59 Å². The first-order chi connectivity index (χ1) is 9.51. The minimum atomic E-state index is -1.04. The zero-order valence-electron chi connectivity index (χ0n) is 10.4. The van der Waals surface area contributed by atoms with Crippen molar-refractivity contribution in [1.29, 1.82) is 5.26 Å². The van der Waals surface area contributed by atoms with Gasteiger partial charge in [0.1, 0.15) is 12.1 Å². The van der Waals surface area contributed by atoms with Crippen LogP contribution in [0.1, 0.15) is 18.4 Å². The third kappa shape index (κ3) is 3.48. The normalized spacial score (nSPS) is 15.0. The number of halogens is 1. The Morgan fingerprint density at radius 2 is 2.15 bits per heavy atom. The van der Waals surface area contributed by atoms with Crippen molar-refractivity contribution in [1.82, 2.24) is 5.32 Å². The fraction of sp³-hybridized carbons (Fsp3) is 0.308. The molecule has 0 heterocycles. The van der Waals surface area contributed by atoms with Gasteiger partial charge >= 0.3 is 12.0 Å². The molecular weight excluding hydrogens is 326 g/mol. The van der Waals surface area contributed by atoms with E-state index in [-0.39, 0.29) is 5.92 Å². The van der Waals surface area contributed by atoms with Crippen LogP contribution >= 0.6 is 15.9 Å². The van der Waals surface area contributed by atoms with Crippen LogP contribution in [-0.2, 0) is 4.79 Å². The highest BCUT2D eigenvalue weighted by atomic mass is 79.9. The van der Waals surface area contributed by atoms with Crippen LogP contribution in [0, 0.1) is 17.2 Å². The first kappa shape index (κ1) is 14.3. The molecule has 104 valence electrons. The van der Waals surface area contributed by atoms with E-state index in [1.807, 2.05) is 6.07 Å². The molecule has 1 aliphatic carbocycles. The molecular formula is C13H12BrN3O3. The molecule has 1 aliphatic rings. The van der Waals surface area contributed by atoms with Gasteiger partial charge in [0, 0.05) is 4.47 Å². The zero-order valence-corrected chi connectivity index (χ0v) is 12.0. The number of benzene rings is 1. The van der Waals surface area contributed by atoms with Crippen molar-refractivity contribution >= 4 is 33.6 Å². The van der Waals surface area contributed by atoms with Crippen molar-refractivity contribution in [3.63, 3.8) is 0 Å². The van der Waals surface area contributed by atoms with Crippen LogP contribution in [0.5, 0.6) is 0 Å². The van der Waals surface area contributed by atoms with E-state index in [2.05, 4.69) is 26.6 Å². The van der Waals surface area contributed by atoms with E-state index in [4.69, 9.17) is 10.4 Å². The van der Waals surface area contributed by atoms with Crippen LogP contribution in [-0.4, -0.2) is 23.1 Å². The van der Waals surface area contributed by atoms with Gasteiger partial charge in [-0.25, -0.2) is 9.59 Å². The highest BCUT2D eigenvalue weighted by Gasteiger charge is 2.37. The summed E-state index contributed by atoms with van der Waals surface area (Å²) < 4.78 is 0.712. The van der Waals surface area contributed by atoms with Crippen molar-refractivity contribution in [2.24, 2.45) is 5.92 Å². The number of nitriles is 1. The molecule has 1 fully saturated rings. The topological polar surface area (TPSA) is 102 Å². The van der Waals surface area contributed by atoms with Crippen molar-refractivity contribution in [3.8, 4) is 6.07 Å². The lowest BCUT2D eigenvalue weighted by atomic mass is 10.2. The molecule has 1 aromatic carbocycles. The van der Waals surface area contributed by atoms with Crippen LogP contribution in [0.3, 0.4) is 0 Å². The number of urea groups is 1. The lowest BCUT2D eigenvalue weighted by molar-refractivity contribution is -0.139. The summed E-state index contributed by atoms with van der Waals surface area (Å²) in [5.74, 6) is -1.05. The molecule has 0 spiro atoms. The number of nitrogens with one attached hydrogen (secondary N) is 2. The number of hydrogen-bond donors (Lipinski definition) is 3. The van der Waals surface area contributed by atoms with Crippen LogP contribution < -0.4 is 10.6 Å². The summed E-state index contributed by atoms with van der Waals surface area (Å²) in [7, 11) is 0. The maximum atomic E-state index is 11.8. The molecule has 0 radical (unpaired) electrons. The zero-order chi connectivity index (χ0) is 14.7. The van der Waals surface area contributed by atoms with Crippen molar-refractivity contribution in [2.75, 3.05) is 5.32 Å². The van der Waals surface area contributed by atoms with Gasteiger partial charge in [-0.1, -0.05) is 15.9 Å². The lowest BCUT2D eigenvalue weighted by Crippen LogP contribution is -2.44. The minimum absolute atomic E-state index is 0.00352. The van der Waals surface area contributed by atoms with Gasteiger partial charge in [-0.05, 0) is 37.0 Å². The molecule has 7 heteroatoms. The second-order valence-corrected chi connectivity index (χ2v) is 5.47. The Hall–Kier alpha value is -2.07. The summed E-state index contributed by atoms with van der Waals surface area (Å²) in [5.41, 5.74) is 0.640. The third-order valence-electron chi connectivity index (χ3n) is 3.00. The standard InChI is InChI=1S/C13H12BrN3O3/c14-9-4-3-8(6-15)10(5-9)16-13(20)17-11(12(18)19)7-1-2-7/h3-5,7,11H,1-2H2,(H,18,19)(H2,16,17,20). The number of amides is 2. The number of anilines is 1. The van der Waals surface area contributed by atoms with Gasteiger partial charge in [-0.3, -0.25) is 0 Å². The number of carboxylic acids is 1. The van der Waals surface area contributed by atoms with Gasteiger partial charge in [0.05, 0.1) is 11.3 Å². The average Bonchev–Trinajstić information content (AvgIpc) is 3.20. The molecule has 1 atom stereocenters. The molecule has 2 rings (SSSR count). The smallest absolute Gasteiger partial charge is 0.326 e. The number of rotatable bonds is 4. The van der Waals surface area contributed by atoms with Gasteiger partial charge in [-0.15, -0.1) is 0 Å². The lowest BCUT2D eigenvalue weighted by Gasteiger charge is -2.15. The third-order valence-corrected chi connectivity index (χ3v) is 3.49. The van der Waals surface area contributed by atoms with Gasteiger partial charge in [0.2, 0.25) is 0 Å². The molecule has 1 saturated carbocycles. The van der Waals surface area contributed by atoms with Crippen molar-refractivity contribution in [3.05, 3.63) is 28.2 Å². The van der Waals surface area contributed by atoms with E-state index in [0.717, 1.165) is 12.8 Å². The number of nitrogens with zero attached hydrogens (tertiary/aromatic N) is 1. The van der Waals surface area contributed by atoms with Gasteiger partial charge in [0.15, 0.2) is 0 Å². The van der Waals surface area contributed by atoms with Crippen molar-refractivity contribution < 1.29 is 14.7 Å². The molecule has 3 N–H and O–H groups in total. The number of carboxylic acid groups (broad SMARTS) is 1. The molecule has 1 unspecified atom stereocenters. The highest BCUT2D eigenvalue weighted by Crippen LogP contribution is 2.32. The Kier molecular flexibility index (Phi) is 4.25.